The van der Waals surface area contributed by atoms with Crippen LogP contribution in [0.4, 0.5) is 0 Å². The molecule has 84 valence electrons. The zero-order chi connectivity index (χ0) is 10.6. The molecule has 0 aromatic carbocycles. The summed E-state index contributed by atoms with van der Waals surface area (Å²) in [6.45, 7) is 6.98. The molecule has 1 aliphatic carbocycles. The maximum atomic E-state index is 5.69. The van der Waals surface area contributed by atoms with Gasteiger partial charge in [0.1, 0.15) is 0 Å². The number of hydrogen-bond donors (Lipinski definition) is 2. The molecule has 0 spiro atoms. The molecule has 0 bridgehead atoms. The summed E-state index contributed by atoms with van der Waals surface area (Å²) in [7, 11) is 0. The Bertz CT molecular complexity index is 162. The van der Waals surface area contributed by atoms with Gasteiger partial charge in [-0.1, -0.05) is 40.0 Å². The molecule has 2 nitrogen and oxygen atoms in total. The number of nitrogens with two attached hydrogens (primary N) is 1. The summed E-state index contributed by atoms with van der Waals surface area (Å²) < 4.78 is 0. The van der Waals surface area contributed by atoms with E-state index in [0.29, 0.717) is 11.5 Å². The monoisotopic (exact) mass is 198 g/mol. The smallest absolute Gasteiger partial charge is 0.0266 e. The average Bonchev–Trinajstić information content (AvgIpc) is 2.62. The van der Waals surface area contributed by atoms with E-state index in [9.17, 15) is 0 Å². The first-order valence-electron chi connectivity index (χ1n) is 6.08. The summed E-state index contributed by atoms with van der Waals surface area (Å²) in [5.74, 6) is 6.48. The van der Waals surface area contributed by atoms with E-state index >= 15 is 0 Å². The molecule has 0 aromatic heterocycles. The first-order chi connectivity index (χ1) is 6.62. The van der Waals surface area contributed by atoms with Gasteiger partial charge in [-0.15, -0.1) is 0 Å². The fourth-order valence-electron chi connectivity index (χ4n) is 2.65. The highest BCUT2D eigenvalue weighted by Crippen LogP contribution is 2.42. The molecule has 0 heterocycles. The molecule has 1 aliphatic rings. The van der Waals surface area contributed by atoms with Gasteiger partial charge in [0.2, 0.25) is 0 Å². The van der Waals surface area contributed by atoms with Gasteiger partial charge in [0.05, 0.1) is 0 Å². The zero-order valence-corrected chi connectivity index (χ0v) is 9.97. The van der Waals surface area contributed by atoms with Crippen molar-refractivity contribution in [3.63, 3.8) is 0 Å². The molecular formula is C12H26N2. The lowest BCUT2D eigenvalue weighted by molar-refractivity contribution is 0.191. The van der Waals surface area contributed by atoms with Crippen molar-refractivity contribution in [2.75, 3.05) is 0 Å². The van der Waals surface area contributed by atoms with Crippen LogP contribution in [0.15, 0.2) is 0 Å². The van der Waals surface area contributed by atoms with Crippen LogP contribution < -0.4 is 11.3 Å². The van der Waals surface area contributed by atoms with Crippen LogP contribution >= 0.6 is 0 Å². The fraction of sp³-hybridized carbons (Fsp3) is 1.00. The molecule has 0 amide bonds. The number of hydrogen-bond acceptors (Lipinski definition) is 2. The van der Waals surface area contributed by atoms with Crippen molar-refractivity contribution in [2.24, 2.45) is 17.2 Å². The highest BCUT2D eigenvalue weighted by Gasteiger charge is 2.36. The van der Waals surface area contributed by atoms with E-state index in [2.05, 4.69) is 26.2 Å². The van der Waals surface area contributed by atoms with Gasteiger partial charge in [0, 0.05) is 6.04 Å². The van der Waals surface area contributed by atoms with Crippen LogP contribution in [-0.4, -0.2) is 6.04 Å². The van der Waals surface area contributed by atoms with E-state index in [1.165, 1.54) is 38.5 Å². The van der Waals surface area contributed by atoms with Crippen molar-refractivity contribution >= 4 is 0 Å². The molecule has 2 heteroatoms. The van der Waals surface area contributed by atoms with Crippen LogP contribution in [0.1, 0.15) is 59.3 Å². The van der Waals surface area contributed by atoms with Crippen molar-refractivity contribution in [1.29, 1.82) is 0 Å². The highest BCUT2D eigenvalue weighted by atomic mass is 15.2. The first-order valence-corrected chi connectivity index (χ1v) is 6.08. The standard InChI is InChI=1S/C12H26N2/c1-4-10(2)9-11(14-13)12(3)7-5-6-8-12/h10-11,14H,4-9,13H2,1-3H3. The second-order valence-electron chi connectivity index (χ2n) is 5.33. The van der Waals surface area contributed by atoms with Crippen molar-refractivity contribution < 1.29 is 0 Å². The highest BCUT2D eigenvalue weighted by molar-refractivity contribution is 4.90. The maximum Gasteiger partial charge on any atom is 0.0266 e. The summed E-state index contributed by atoms with van der Waals surface area (Å²) in [6.07, 6.45) is 7.94. The predicted molar refractivity (Wildman–Crippen MR) is 61.8 cm³/mol. The van der Waals surface area contributed by atoms with Gasteiger partial charge in [-0.25, -0.2) is 0 Å². The second-order valence-corrected chi connectivity index (χ2v) is 5.33. The molecule has 2 unspecified atom stereocenters. The molecule has 0 aliphatic heterocycles. The largest absolute Gasteiger partial charge is 0.271 e. The minimum atomic E-state index is 0.457. The third-order valence-electron chi connectivity index (χ3n) is 4.12. The van der Waals surface area contributed by atoms with Crippen LogP contribution in [0, 0.1) is 11.3 Å². The topological polar surface area (TPSA) is 38.0 Å². The van der Waals surface area contributed by atoms with E-state index in [1.807, 2.05) is 0 Å². The predicted octanol–water partition coefficient (Wildman–Crippen LogP) is 2.83. The van der Waals surface area contributed by atoms with Crippen molar-refractivity contribution in [2.45, 2.75) is 65.3 Å². The zero-order valence-electron chi connectivity index (χ0n) is 9.97. The molecular weight excluding hydrogens is 172 g/mol. The van der Waals surface area contributed by atoms with E-state index in [4.69, 9.17) is 5.84 Å². The molecule has 14 heavy (non-hydrogen) atoms. The molecule has 0 saturated heterocycles. The molecule has 3 N–H and O–H groups in total. The molecule has 0 aromatic rings. The summed E-state index contributed by atoms with van der Waals surface area (Å²) in [4.78, 5) is 0. The Morgan fingerprint density at radius 1 is 1.36 bits per heavy atom. The third-order valence-corrected chi connectivity index (χ3v) is 4.12. The summed E-state index contributed by atoms with van der Waals surface area (Å²) in [5, 5.41) is 0. The van der Waals surface area contributed by atoms with Gasteiger partial charge >= 0.3 is 0 Å². The van der Waals surface area contributed by atoms with Crippen molar-refractivity contribution in [1.82, 2.24) is 5.43 Å². The van der Waals surface area contributed by atoms with E-state index in [-0.39, 0.29) is 0 Å². The molecule has 2 atom stereocenters. The normalized spacial score (nSPS) is 24.9. The van der Waals surface area contributed by atoms with Crippen LogP contribution in [0.2, 0.25) is 0 Å². The fourth-order valence-corrected chi connectivity index (χ4v) is 2.65. The van der Waals surface area contributed by atoms with Crippen LogP contribution in [0.25, 0.3) is 0 Å². The molecule has 1 saturated carbocycles. The van der Waals surface area contributed by atoms with Crippen LogP contribution in [-0.2, 0) is 0 Å². The summed E-state index contributed by atoms with van der Waals surface area (Å²) in [6, 6.07) is 0.514. The summed E-state index contributed by atoms with van der Waals surface area (Å²) >= 11 is 0. The molecule has 0 radical (unpaired) electrons. The van der Waals surface area contributed by atoms with Gasteiger partial charge in [-0.3, -0.25) is 11.3 Å². The Balaban J connectivity index is 2.51. The van der Waals surface area contributed by atoms with E-state index < -0.39 is 0 Å². The van der Waals surface area contributed by atoms with Crippen LogP contribution in [0.5, 0.6) is 0 Å². The number of rotatable bonds is 5. The van der Waals surface area contributed by atoms with E-state index in [0.717, 1.165) is 5.92 Å². The quantitative estimate of drug-likeness (QED) is 0.526. The third kappa shape index (κ3) is 2.71. The molecule has 1 rings (SSSR count). The SMILES string of the molecule is CCC(C)CC(NN)C1(C)CCCC1. The lowest BCUT2D eigenvalue weighted by Crippen LogP contribution is -2.46. The Labute approximate surface area is 88.6 Å². The van der Waals surface area contributed by atoms with Crippen molar-refractivity contribution in [3.8, 4) is 0 Å². The lowest BCUT2D eigenvalue weighted by atomic mass is 9.77. The first kappa shape index (κ1) is 12.0. The van der Waals surface area contributed by atoms with Gasteiger partial charge in [0.25, 0.3) is 0 Å². The Morgan fingerprint density at radius 3 is 2.36 bits per heavy atom. The Kier molecular flexibility index (Phi) is 4.39. The van der Waals surface area contributed by atoms with E-state index in [1.54, 1.807) is 0 Å². The minimum Gasteiger partial charge on any atom is -0.271 e. The maximum absolute atomic E-state index is 5.69. The molecule has 1 fully saturated rings. The minimum absolute atomic E-state index is 0.457. The second kappa shape index (κ2) is 5.13. The number of hydrazine groups is 1. The lowest BCUT2D eigenvalue weighted by Gasteiger charge is -2.35. The number of nitrogens with one attached hydrogen (secondary N) is 1. The Morgan fingerprint density at radius 2 is 1.93 bits per heavy atom. The van der Waals surface area contributed by atoms with Gasteiger partial charge < -0.3 is 0 Å². The Hall–Kier alpha value is -0.0800. The average molecular weight is 198 g/mol. The van der Waals surface area contributed by atoms with Gasteiger partial charge in [-0.2, -0.15) is 0 Å². The van der Waals surface area contributed by atoms with Gasteiger partial charge in [0.15, 0.2) is 0 Å². The summed E-state index contributed by atoms with van der Waals surface area (Å²) in [5.41, 5.74) is 3.51. The van der Waals surface area contributed by atoms with Crippen molar-refractivity contribution in [3.05, 3.63) is 0 Å². The van der Waals surface area contributed by atoms with Gasteiger partial charge in [-0.05, 0) is 30.6 Å². The van der Waals surface area contributed by atoms with Crippen LogP contribution in [0.3, 0.4) is 0 Å².